The Balaban J connectivity index is 1.49. The van der Waals surface area contributed by atoms with E-state index in [-0.39, 0.29) is 12.1 Å². The summed E-state index contributed by atoms with van der Waals surface area (Å²) >= 11 is 5.92. The molecule has 0 aliphatic carbocycles. The Morgan fingerprint density at radius 3 is 2.44 bits per heavy atom. The molecule has 190 valence electrons. The van der Waals surface area contributed by atoms with E-state index in [0.717, 1.165) is 56.6 Å². The van der Waals surface area contributed by atoms with E-state index in [1.807, 2.05) is 12.3 Å². The molecule has 3 aromatic rings. The lowest BCUT2D eigenvalue weighted by atomic mass is 9.96. The van der Waals surface area contributed by atoms with E-state index in [2.05, 4.69) is 83.8 Å². The fraction of sp³-hybridized carbons (Fsp3) is 0.448. The molecule has 2 aliphatic heterocycles. The molecule has 7 heteroatoms. The van der Waals surface area contributed by atoms with E-state index in [0.29, 0.717) is 0 Å². The number of hydrogen-bond acceptors (Lipinski definition) is 4. The van der Waals surface area contributed by atoms with Crippen molar-refractivity contribution in [1.82, 2.24) is 24.7 Å². The SMILES string of the molecule is Cc1cc(C)cc(-n2c(C)cc(C3C(c4ccccn4)NC(=S)N3CCCN3CCOCC3)c2C)c1. The maximum Gasteiger partial charge on any atom is 0.170 e. The number of aryl methyl sites for hydroxylation is 3. The van der Waals surface area contributed by atoms with Gasteiger partial charge in [0.1, 0.15) is 0 Å². The van der Waals surface area contributed by atoms with Crippen LogP contribution in [-0.2, 0) is 4.74 Å². The Bertz CT molecular complexity index is 1200. The standard InChI is InChI=1S/C29H37N5OS/c1-20-16-21(2)18-24(17-20)34-22(3)19-25(23(34)4)28-27(26-8-5-6-9-30-26)31-29(36)33(28)11-7-10-32-12-14-35-15-13-32/h5-6,8-9,16-19,27-28H,7,10-15H2,1-4H3,(H,31,36). The molecule has 1 N–H and O–H groups in total. The summed E-state index contributed by atoms with van der Waals surface area (Å²) in [6, 6.07) is 15.3. The summed E-state index contributed by atoms with van der Waals surface area (Å²) in [4.78, 5) is 9.61. The van der Waals surface area contributed by atoms with Crippen LogP contribution in [0.1, 0.15) is 52.3 Å². The molecule has 2 unspecified atom stereocenters. The molecule has 6 nitrogen and oxygen atoms in total. The summed E-state index contributed by atoms with van der Waals surface area (Å²) in [5.41, 5.74) is 8.59. The van der Waals surface area contributed by atoms with Crippen molar-refractivity contribution in [3.8, 4) is 5.69 Å². The van der Waals surface area contributed by atoms with Crippen LogP contribution in [0, 0.1) is 27.7 Å². The van der Waals surface area contributed by atoms with Crippen LogP contribution in [0.25, 0.3) is 5.69 Å². The van der Waals surface area contributed by atoms with Crippen molar-refractivity contribution in [2.45, 2.75) is 46.2 Å². The predicted octanol–water partition coefficient (Wildman–Crippen LogP) is 4.80. The van der Waals surface area contributed by atoms with Gasteiger partial charge in [-0.05, 0) is 93.4 Å². The van der Waals surface area contributed by atoms with Gasteiger partial charge in [0.15, 0.2) is 5.11 Å². The van der Waals surface area contributed by atoms with Crippen molar-refractivity contribution in [3.05, 3.63) is 82.4 Å². The van der Waals surface area contributed by atoms with Gasteiger partial charge in [0.2, 0.25) is 0 Å². The minimum Gasteiger partial charge on any atom is -0.379 e. The topological polar surface area (TPSA) is 45.6 Å². The number of nitrogens with zero attached hydrogens (tertiary/aromatic N) is 4. The molecular formula is C29H37N5OS. The van der Waals surface area contributed by atoms with Crippen LogP contribution < -0.4 is 5.32 Å². The van der Waals surface area contributed by atoms with Gasteiger partial charge in [-0.25, -0.2) is 0 Å². The molecule has 0 amide bonds. The second-order valence-corrected chi connectivity index (χ2v) is 10.5. The number of pyridine rings is 1. The van der Waals surface area contributed by atoms with Crippen LogP contribution in [0.4, 0.5) is 0 Å². The Morgan fingerprint density at radius 2 is 1.75 bits per heavy atom. The van der Waals surface area contributed by atoms with Gasteiger partial charge in [0, 0.05) is 49.5 Å². The summed E-state index contributed by atoms with van der Waals surface area (Å²) in [7, 11) is 0. The van der Waals surface area contributed by atoms with Gasteiger partial charge in [-0.15, -0.1) is 0 Å². The summed E-state index contributed by atoms with van der Waals surface area (Å²) < 4.78 is 7.91. The third kappa shape index (κ3) is 5.05. The molecule has 36 heavy (non-hydrogen) atoms. The second-order valence-electron chi connectivity index (χ2n) is 10.1. The summed E-state index contributed by atoms with van der Waals surface area (Å²) in [6.07, 6.45) is 2.93. The molecule has 2 fully saturated rings. The molecule has 5 rings (SSSR count). The van der Waals surface area contributed by atoms with Crippen LogP contribution in [0.3, 0.4) is 0 Å². The molecule has 2 atom stereocenters. The number of morpholine rings is 1. The first kappa shape index (κ1) is 24.9. The van der Waals surface area contributed by atoms with Gasteiger partial charge >= 0.3 is 0 Å². The number of thiocarbonyl (C=S) groups is 1. The maximum atomic E-state index is 5.92. The number of aromatic nitrogens is 2. The summed E-state index contributed by atoms with van der Waals surface area (Å²) in [5.74, 6) is 0. The van der Waals surface area contributed by atoms with Crippen molar-refractivity contribution in [1.29, 1.82) is 0 Å². The molecule has 2 aliphatic rings. The van der Waals surface area contributed by atoms with Gasteiger partial charge < -0.3 is 19.5 Å². The van der Waals surface area contributed by atoms with Crippen molar-refractivity contribution in [2.24, 2.45) is 0 Å². The van der Waals surface area contributed by atoms with E-state index < -0.39 is 0 Å². The lowest BCUT2D eigenvalue weighted by Gasteiger charge is -2.30. The van der Waals surface area contributed by atoms with Gasteiger partial charge in [-0.2, -0.15) is 0 Å². The average Bonchev–Trinajstić information content (AvgIpc) is 3.34. The van der Waals surface area contributed by atoms with Crippen molar-refractivity contribution >= 4 is 17.3 Å². The quantitative estimate of drug-likeness (QED) is 0.468. The number of hydrogen-bond donors (Lipinski definition) is 1. The zero-order valence-corrected chi connectivity index (χ0v) is 22.6. The summed E-state index contributed by atoms with van der Waals surface area (Å²) in [6.45, 7) is 14.4. The van der Waals surface area contributed by atoms with Crippen LogP contribution in [0.5, 0.6) is 0 Å². The number of nitrogens with one attached hydrogen (secondary N) is 1. The first-order valence-corrected chi connectivity index (χ1v) is 13.4. The van der Waals surface area contributed by atoms with E-state index in [1.165, 1.54) is 33.8 Å². The second kappa shape index (κ2) is 10.7. The first-order valence-electron chi connectivity index (χ1n) is 13.0. The lowest BCUT2D eigenvalue weighted by molar-refractivity contribution is 0.0365. The predicted molar refractivity (Wildman–Crippen MR) is 149 cm³/mol. The third-order valence-electron chi connectivity index (χ3n) is 7.43. The lowest BCUT2D eigenvalue weighted by Crippen LogP contribution is -2.39. The van der Waals surface area contributed by atoms with Crippen LogP contribution in [0.15, 0.2) is 48.7 Å². The van der Waals surface area contributed by atoms with Gasteiger partial charge in [0.25, 0.3) is 0 Å². The molecular weight excluding hydrogens is 466 g/mol. The minimum atomic E-state index is 0.00952. The van der Waals surface area contributed by atoms with E-state index in [4.69, 9.17) is 21.9 Å². The molecule has 0 bridgehead atoms. The van der Waals surface area contributed by atoms with Gasteiger partial charge in [0.05, 0.1) is 31.0 Å². The molecule has 0 radical (unpaired) electrons. The van der Waals surface area contributed by atoms with Gasteiger partial charge in [-0.1, -0.05) is 12.1 Å². The number of ether oxygens (including phenoxy) is 1. The zero-order valence-electron chi connectivity index (χ0n) is 21.8. The van der Waals surface area contributed by atoms with Crippen LogP contribution in [0.2, 0.25) is 0 Å². The van der Waals surface area contributed by atoms with E-state index in [1.54, 1.807) is 0 Å². The highest BCUT2D eigenvalue weighted by molar-refractivity contribution is 7.80. The van der Waals surface area contributed by atoms with Crippen LogP contribution >= 0.6 is 12.2 Å². The minimum absolute atomic E-state index is 0.00952. The maximum absolute atomic E-state index is 5.92. The molecule has 2 saturated heterocycles. The van der Waals surface area contributed by atoms with Crippen LogP contribution in [-0.4, -0.2) is 63.9 Å². The average molecular weight is 504 g/mol. The van der Waals surface area contributed by atoms with Crippen molar-refractivity contribution < 1.29 is 4.74 Å². The smallest absolute Gasteiger partial charge is 0.170 e. The Hall–Kier alpha value is -2.74. The normalized spacial score (nSPS) is 20.7. The molecule has 4 heterocycles. The Morgan fingerprint density at radius 1 is 1.00 bits per heavy atom. The van der Waals surface area contributed by atoms with Crippen molar-refractivity contribution in [2.75, 3.05) is 39.4 Å². The third-order valence-corrected chi connectivity index (χ3v) is 7.78. The number of benzene rings is 1. The monoisotopic (exact) mass is 503 g/mol. The van der Waals surface area contributed by atoms with Crippen molar-refractivity contribution in [3.63, 3.8) is 0 Å². The fourth-order valence-electron chi connectivity index (χ4n) is 5.84. The summed E-state index contributed by atoms with van der Waals surface area (Å²) in [5, 5.41) is 4.44. The molecule has 0 saturated carbocycles. The largest absolute Gasteiger partial charge is 0.379 e. The highest BCUT2D eigenvalue weighted by Crippen LogP contribution is 2.41. The molecule has 0 spiro atoms. The van der Waals surface area contributed by atoms with Gasteiger partial charge in [-0.3, -0.25) is 9.88 Å². The number of rotatable bonds is 7. The Kier molecular flexibility index (Phi) is 7.42. The Labute approximate surface area is 220 Å². The fourth-order valence-corrected chi connectivity index (χ4v) is 6.17. The van der Waals surface area contributed by atoms with E-state index >= 15 is 0 Å². The van der Waals surface area contributed by atoms with E-state index in [9.17, 15) is 0 Å². The highest BCUT2D eigenvalue weighted by atomic mass is 32.1. The molecule has 2 aromatic heterocycles. The highest BCUT2D eigenvalue weighted by Gasteiger charge is 2.41. The zero-order chi connectivity index (χ0) is 25.2. The first-order chi connectivity index (χ1) is 17.4. The molecule has 1 aromatic carbocycles.